The van der Waals surface area contributed by atoms with E-state index >= 15 is 0 Å². The molecule has 0 aliphatic rings. The Hall–Kier alpha value is -2.23. The maximum atomic E-state index is 10.4. The van der Waals surface area contributed by atoms with Crippen LogP contribution < -0.4 is 10.5 Å². The second-order valence-corrected chi connectivity index (χ2v) is 3.05. The second-order valence-electron chi connectivity index (χ2n) is 3.05. The summed E-state index contributed by atoms with van der Waals surface area (Å²) in [6.45, 7) is 0. The topological polar surface area (TPSA) is 72.5 Å². The molecule has 0 saturated heterocycles. The zero-order chi connectivity index (χ0) is 12.0. The SMILES string of the molecule is COc1cc(/C=C/C=C\C(N)=O)ccc1O. The average Bonchev–Trinajstić information content (AvgIpc) is 2.26. The van der Waals surface area contributed by atoms with Crippen molar-refractivity contribution in [2.45, 2.75) is 0 Å². The zero-order valence-electron chi connectivity index (χ0n) is 8.88. The molecule has 4 nitrogen and oxygen atoms in total. The molecular weight excluding hydrogens is 206 g/mol. The Bertz CT molecular complexity index is 436. The third-order valence-corrected chi connectivity index (χ3v) is 1.86. The van der Waals surface area contributed by atoms with Crippen LogP contribution in [0, 0.1) is 0 Å². The smallest absolute Gasteiger partial charge is 0.241 e. The number of primary amides is 1. The van der Waals surface area contributed by atoms with Gasteiger partial charge in [-0.2, -0.15) is 0 Å². The molecule has 84 valence electrons. The van der Waals surface area contributed by atoms with Gasteiger partial charge in [-0.05, 0) is 17.7 Å². The molecule has 0 aliphatic heterocycles. The van der Waals surface area contributed by atoms with Crippen molar-refractivity contribution in [3.05, 3.63) is 42.0 Å². The molecule has 1 amide bonds. The van der Waals surface area contributed by atoms with Crippen LogP contribution in [-0.4, -0.2) is 18.1 Å². The Morgan fingerprint density at radius 3 is 2.81 bits per heavy atom. The standard InChI is InChI=1S/C12H13NO3/c1-16-11-8-9(6-7-10(11)14)4-2-3-5-12(13)15/h2-8,14H,1H3,(H2,13,15)/b4-2+,5-3-. The molecule has 0 radical (unpaired) electrons. The number of rotatable bonds is 4. The van der Waals surface area contributed by atoms with Crippen LogP contribution >= 0.6 is 0 Å². The van der Waals surface area contributed by atoms with Crippen LogP contribution in [-0.2, 0) is 4.79 Å². The van der Waals surface area contributed by atoms with Gasteiger partial charge in [0, 0.05) is 6.08 Å². The summed E-state index contributed by atoms with van der Waals surface area (Å²) in [5.41, 5.74) is 5.78. The highest BCUT2D eigenvalue weighted by Gasteiger charge is 1.99. The van der Waals surface area contributed by atoms with Crippen molar-refractivity contribution in [3.63, 3.8) is 0 Å². The Morgan fingerprint density at radius 1 is 1.44 bits per heavy atom. The molecule has 0 spiro atoms. The monoisotopic (exact) mass is 219 g/mol. The average molecular weight is 219 g/mol. The first-order valence-electron chi connectivity index (χ1n) is 4.64. The van der Waals surface area contributed by atoms with Gasteiger partial charge in [0.1, 0.15) is 0 Å². The fraction of sp³-hybridized carbons (Fsp3) is 0.0833. The lowest BCUT2D eigenvalue weighted by atomic mass is 10.2. The summed E-state index contributed by atoms with van der Waals surface area (Å²) in [4.78, 5) is 10.4. The number of allylic oxidation sites excluding steroid dienone is 2. The first-order valence-corrected chi connectivity index (χ1v) is 4.64. The highest BCUT2D eigenvalue weighted by molar-refractivity contribution is 5.86. The molecule has 1 rings (SSSR count). The van der Waals surface area contributed by atoms with Crippen molar-refractivity contribution in [3.8, 4) is 11.5 Å². The van der Waals surface area contributed by atoms with Crippen LogP contribution in [0.1, 0.15) is 5.56 Å². The second kappa shape index (κ2) is 5.60. The van der Waals surface area contributed by atoms with E-state index in [9.17, 15) is 9.90 Å². The Labute approximate surface area is 93.7 Å². The molecule has 0 aliphatic carbocycles. The molecule has 3 N–H and O–H groups in total. The van der Waals surface area contributed by atoms with E-state index in [4.69, 9.17) is 10.5 Å². The number of nitrogens with two attached hydrogens (primary N) is 1. The van der Waals surface area contributed by atoms with E-state index in [0.29, 0.717) is 5.75 Å². The number of ether oxygens (including phenoxy) is 1. The lowest BCUT2D eigenvalue weighted by Crippen LogP contribution is -2.04. The lowest BCUT2D eigenvalue weighted by Gasteiger charge is -2.03. The largest absolute Gasteiger partial charge is 0.504 e. The molecule has 0 heterocycles. The maximum Gasteiger partial charge on any atom is 0.241 e. The number of carbonyl (C=O) groups is 1. The van der Waals surface area contributed by atoms with Crippen LogP contribution in [0.15, 0.2) is 36.4 Å². The number of benzene rings is 1. The molecule has 0 saturated carbocycles. The van der Waals surface area contributed by atoms with Gasteiger partial charge in [-0.1, -0.05) is 24.3 Å². The van der Waals surface area contributed by atoms with Crippen LogP contribution in [0.5, 0.6) is 11.5 Å². The van der Waals surface area contributed by atoms with Crippen molar-refractivity contribution < 1.29 is 14.6 Å². The lowest BCUT2D eigenvalue weighted by molar-refractivity contribution is -0.113. The van der Waals surface area contributed by atoms with E-state index in [1.807, 2.05) is 0 Å². The van der Waals surface area contributed by atoms with Gasteiger partial charge in [-0.15, -0.1) is 0 Å². The van der Waals surface area contributed by atoms with Crippen LogP contribution in [0.4, 0.5) is 0 Å². The predicted molar refractivity (Wildman–Crippen MR) is 62.0 cm³/mol. The van der Waals surface area contributed by atoms with Crippen molar-refractivity contribution in [2.24, 2.45) is 5.73 Å². The summed E-state index contributed by atoms with van der Waals surface area (Å²) >= 11 is 0. The molecule has 0 atom stereocenters. The van der Waals surface area contributed by atoms with Gasteiger partial charge >= 0.3 is 0 Å². The van der Waals surface area contributed by atoms with Gasteiger partial charge in [0.05, 0.1) is 7.11 Å². The van der Waals surface area contributed by atoms with Gasteiger partial charge in [0.2, 0.25) is 5.91 Å². The summed E-state index contributed by atoms with van der Waals surface area (Å²) in [6, 6.07) is 4.95. The quantitative estimate of drug-likeness (QED) is 0.594. The van der Waals surface area contributed by atoms with Crippen molar-refractivity contribution in [2.75, 3.05) is 7.11 Å². The summed E-state index contributed by atoms with van der Waals surface area (Å²) in [7, 11) is 1.48. The highest BCUT2D eigenvalue weighted by Crippen LogP contribution is 2.26. The fourth-order valence-corrected chi connectivity index (χ4v) is 1.11. The number of phenols is 1. The van der Waals surface area contributed by atoms with Crippen LogP contribution in [0.3, 0.4) is 0 Å². The first kappa shape index (κ1) is 11.8. The molecule has 4 heteroatoms. The number of aromatic hydroxyl groups is 1. The molecular formula is C12H13NO3. The third-order valence-electron chi connectivity index (χ3n) is 1.86. The van der Waals surface area contributed by atoms with E-state index in [2.05, 4.69) is 0 Å². The van der Waals surface area contributed by atoms with Gasteiger partial charge < -0.3 is 15.6 Å². The molecule has 0 unspecified atom stereocenters. The number of methoxy groups -OCH3 is 1. The zero-order valence-corrected chi connectivity index (χ0v) is 8.88. The molecule has 1 aromatic carbocycles. The highest BCUT2D eigenvalue weighted by atomic mass is 16.5. The molecule has 0 bridgehead atoms. The minimum Gasteiger partial charge on any atom is -0.504 e. The molecule has 16 heavy (non-hydrogen) atoms. The Kier molecular flexibility index (Phi) is 4.15. The van der Waals surface area contributed by atoms with Gasteiger partial charge in [-0.25, -0.2) is 0 Å². The predicted octanol–water partition coefficient (Wildman–Crippen LogP) is 1.46. The first-order chi connectivity index (χ1) is 7.63. The summed E-state index contributed by atoms with van der Waals surface area (Å²) in [5, 5.41) is 9.36. The summed E-state index contributed by atoms with van der Waals surface area (Å²) in [5.74, 6) is 0.00120. The molecule has 0 aromatic heterocycles. The molecule has 0 fully saturated rings. The van der Waals surface area contributed by atoms with E-state index in [1.54, 1.807) is 30.4 Å². The van der Waals surface area contributed by atoms with E-state index < -0.39 is 5.91 Å². The number of amides is 1. The van der Waals surface area contributed by atoms with E-state index in [1.165, 1.54) is 19.3 Å². The fourth-order valence-electron chi connectivity index (χ4n) is 1.11. The van der Waals surface area contributed by atoms with Crippen molar-refractivity contribution >= 4 is 12.0 Å². The van der Waals surface area contributed by atoms with Crippen molar-refractivity contribution in [1.82, 2.24) is 0 Å². The van der Waals surface area contributed by atoms with Gasteiger partial charge in [0.15, 0.2) is 11.5 Å². The van der Waals surface area contributed by atoms with Gasteiger partial charge in [0.25, 0.3) is 0 Å². The number of hydrogen-bond donors (Lipinski definition) is 2. The van der Waals surface area contributed by atoms with E-state index in [-0.39, 0.29) is 5.75 Å². The maximum absolute atomic E-state index is 10.4. The van der Waals surface area contributed by atoms with Crippen LogP contribution in [0.25, 0.3) is 6.08 Å². The van der Waals surface area contributed by atoms with E-state index in [0.717, 1.165) is 5.56 Å². The summed E-state index contributed by atoms with van der Waals surface area (Å²) < 4.78 is 4.95. The number of carbonyl (C=O) groups excluding carboxylic acids is 1. The number of phenolic OH excluding ortho intramolecular Hbond substituents is 1. The van der Waals surface area contributed by atoms with Crippen molar-refractivity contribution in [1.29, 1.82) is 0 Å². The number of hydrogen-bond acceptors (Lipinski definition) is 3. The Balaban J connectivity index is 2.78. The minimum atomic E-state index is -0.493. The third kappa shape index (κ3) is 3.49. The Morgan fingerprint density at radius 2 is 2.19 bits per heavy atom. The van der Waals surface area contributed by atoms with Crippen LogP contribution in [0.2, 0.25) is 0 Å². The minimum absolute atomic E-state index is 0.0901. The summed E-state index contributed by atoms with van der Waals surface area (Å²) in [6.07, 6.45) is 6.24. The normalized spacial score (nSPS) is 11.1. The van der Waals surface area contributed by atoms with Gasteiger partial charge in [-0.3, -0.25) is 4.79 Å². The molecule has 1 aromatic rings.